The van der Waals surface area contributed by atoms with Crippen molar-refractivity contribution in [2.24, 2.45) is 5.73 Å². The van der Waals surface area contributed by atoms with E-state index >= 15 is 0 Å². The average Bonchev–Trinajstić information content (AvgIpc) is 3.37. The van der Waals surface area contributed by atoms with Crippen molar-refractivity contribution in [3.63, 3.8) is 0 Å². The minimum atomic E-state index is -0.673. The summed E-state index contributed by atoms with van der Waals surface area (Å²) in [5.74, 6) is -0.823. The second-order valence-electron chi connectivity index (χ2n) is 7.47. The van der Waals surface area contributed by atoms with Crippen LogP contribution in [0.2, 0.25) is 0 Å². The van der Waals surface area contributed by atoms with E-state index < -0.39 is 11.9 Å². The van der Waals surface area contributed by atoms with Gasteiger partial charge in [-0.05, 0) is 31.4 Å². The standard InChI is InChI=1S/C24H27N5O4S2/c1-4-13-29-17(12-11-16-9-7-6-8-10-16)27-28-24(29)34-14-18(30)26-22-19(23(32)33-5-2)15(3)20(35-22)21(25)31/h4,6-10H,1,5,11-14H2,2-3H3,(H2,25,31)(H,26,30). The topological polar surface area (TPSA) is 129 Å². The predicted molar refractivity (Wildman–Crippen MR) is 137 cm³/mol. The Morgan fingerprint density at radius 3 is 2.63 bits per heavy atom. The molecule has 3 N–H and O–H groups in total. The Balaban J connectivity index is 1.70. The number of amides is 2. The molecule has 3 aromatic rings. The molecule has 184 valence electrons. The fourth-order valence-corrected chi connectivity index (χ4v) is 5.23. The number of primary amides is 1. The molecule has 9 nitrogen and oxygen atoms in total. The number of hydrogen-bond donors (Lipinski definition) is 2. The number of aryl methyl sites for hydroxylation is 2. The van der Waals surface area contributed by atoms with E-state index in [4.69, 9.17) is 10.5 Å². The molecule has 0 atom stereocenters. The molecule has 2 aromatic heterocycles. The van der Waals surface area contributed by atoms with E-state index in [1.807, 2.05) is 22.8 Å². The Hall–Kier alpha value is -3.44. The molecule has 0 bridgehead atoms. The van der Waals surface area contributed by atoms with Gasteiger partial charge in [0.15, 0.2) is 5.16 Å². The fraction of sp³-hybridized carbons (Fsp3) is 0.292. The molecule has 0 aliphatic carbocycles. The number of allylic oxidation sites excluding steroid dienone is 1. The zero-order valence-corrected chi connectivity index (χ0v) is 21.2. The molecule has 0 aliphatic rings. The molecular weight excluding hydrogens is 486 g/mol. The van der Waals surface area contributed by atoms with Crippen molar-refractivity contribution in [2.45, 2.75) is 38.4 Å². The number of nitrogens with one attached hydrogen (secondary N) is 1. The molecule has 0 aliphatic heterocycles. The van der Waals surface area contributed by atoms with Crippen molar-refractivity contribution >= 4 is 45.9 Å². The molecule has 0 saturated carbocycles. The Labute approximate surface area is 211 Å². The maximum absolute atomic E-state index is 12.7. The van der Waals surface area contributed by atoms with Crippen molar-refractivity contribution in [3.05, 3.63) is 70.4 Å². The van der Waals surface area contributed by atoms with Crippen molar-refractivity contribution in [2.75, 3.05) is 17.7 Å². The summed E-state index contributed by atoms with van der Waals surface area (Å²) in [5.41, 5.74) is 7.15. The third kappa shape index (κ3) is 6.58. The summed E-state index contributed by atoms with van der Waals surface area (Å²) in [4.78, 5) is 37.1. The molecule has 35 heavy (non-hydrogen) atoms. The molecule has 0 spiro atoms. The molecule has 0 radical (unpaired) electrons. The SMILES string of the molecule is C=CCn1c(CCc2ccccc2)nnc1SCC(=O)Nc1sc(C(N)=O)c(C)c1C(=O)OCC. The van der Waals surface area contributed by atoms with E-state index in [1.54, 1.807) is 19.9 Å². The molecule has 2 amide bonds. The molecule has 3 rings (SSSR count). The number of carbonyl (C=O) groups excluding carboxylic acids is 3. The van der Waals surface area contributed by atoms with E-state index in [-0.39, 0.29) is 33.7 Å². The Bertz CT molecular complexity index is 1220. The van der Waals surface area contributed by atoms with Gasteiger partial charge >= 0.3 is 5.97 Å². The Morgan fingerprint density at radius 2 is 1.97 bits per heavy atom. The van der Waals surface area contributed by atoms with E-state index in [0.717, 1.165) is 23.6 Å². The van der Waals surface area contributed by atoms with Crippen LogP contribution in [0.4, 0.5) is 5.00 Å². The lowest BCUT2D eigenvalue weighted by Gasteiger charge is -2.09. The number of thiophene rings is 1. The summed E-state index contributed by atoms with van der Waals surface area (Å²) in [7, 11) is 0. The van der Waals surface area contributed by atoms with E-state index in [2.05, 4.69) is 34.2 Å². The fourth-order valence-electron chi connectivity index (χ4n) is 3.40. The monoisotopic (exact) mass is 513 g/mol. The summed E-state index contributed by atoms with van der Waals surface area (Å²) in [6.07, 6.45) is 3.27. The number of anilines is 1. The molecule has 11 heteroatoms. The highest BCUT2D eigenvalue weighted by Crippen LogP contribution is 2.33. The molecule has 2 heterocycles. The van der Waals surface area contributed by atoms with Crippen LogP contribution < -0.4 is 11.1 Å². The van der Waals surface area contributed by atoms with E-state index in [9.17, 15) is 14.4 Å². The van der Waals surface area contributed by atoms with Gasteiger partial charge in [0.05, 0.1) is 22.8 Å². The van der Waals surface area contributed by atoms with Crippen LogP contribution in [0.25, 0.3) is 0 Å². The summed E-state index contributed by atoms with van der Waals surface area (Å²) < 4.78 is 7.01. The zero-order valence-electron chi connectivity index (χ0n) is 19.6. The second kappa shape index (κ2) is 12.3. The first kappa shape index (κ1) is 26.2. The van der Waals surface area contributed by atoms with Crippen LogP contribution in [0.15, 0.2) is 48.1 Å². The molecule has 0 saturated heterocycles. The number of esters is 1. The third-order valence-corrected chi connectivity index (χ3v) is 7.21. The lowest BCUT2D eigenvalue weighted by Crippen LogP contribution is -2.17. The number of thioether (sulfide) groups is 1. The highest BCUT2D eigenvalue weighted by molar-refractivity contribution is 7.99. The Morgan fingerprint density at radius 1 is 1.23 bits per heavy atom. The van der Waals surface area contributed by atoms with Gasteiger partial charge in [-0.15, -0.1) is 28.1 Å². The van der Waals surface area contributed by atoms with Crippen molar-refractivity contribution < 1.29 is 19.1 Å². The third-order valence-electron chi connectivity index (χ3n) is 5.02. The van der Waals surface area contributed by atoms with Crippen LogP contribution in [-0.4, -0.2) is 44.9 Å². The summed E-state index contributed by atoms with van der Waals surface area (Å²) in [6, 6.07) is 10.1. The van der Waals surface area contributed by atoms with E-state index in [1.165, 1.54) is 17.3 Å². The number of carbonyl (C=O) groups is 3. The van der Waals surface area contributed by atoms with Crippen LogP contribution in [-0.2, 0) is 28.9 Å². The van der Waals surface area contributed by atoms with Gasteiger partial charge in [-0.2, -0.15) is 0 Å². The van der Waals surface area contributed by atoms with Crippen molar-refractivity contribution in [1.82, 2.24) is 14.8 Å². The maximum Gasteiger partial charge on any atom is 0.341 e. The average molecular weight is 514 g/mol. The van der Waals surface area contributed by atoms with Gasteiger partial charge in [0.2, 0.25) is 5.91 Å². The van der Waals surface area contributed by atoms with Gasteiger partial charge in [-0.1, -0.05) is 48.2 Å². The number of nitrogens with two attached hydrogens (primary N) is 1. The normalized spacial score (nSPS) is 10.7. The second-order valence-corrected chi connectivity index (χ2v) is 9.43. The summed E-state index contributed by atoms with van der Waals surface area (Å²) in [5, 5.41) is 12.1. The highest BCUT2D eigenvalue weighted by atomic mass is 32.2. The molecular formula is C24H27N5O4S2. The van der Waals surface area contributed by atoms with Crippen LogP contribution in [0, 0.1) is 6.92 Å². The number of rotatable bonds is 12. The van der Waals surface area contributed by atoms with Crippen LogP contribution in [0.1, 0.15) is 43.9 Å². The van der Waals surface area contributed by atoms with Crippen LogP contribution in [0.5, 0.6) is 0 Å². The Kier molecular flexibility index (Phi) is 9.21. The molecule has 0 fully saturated rings. The largest absolute Gasteiger partial charge is 0.462 e. The van der Waals surface area contributed by atoms with Gasteiger partial charge in [0.1, 0.15) is 10.8 Å². The first-order chi connectivity index (χ1) is 16.8. The zero-order chi connectivity index (χ0) is 25.4. The summed E-state index contributed by atoms with van der Waals surface area (Å²) in [6.45, 7) is 7.76. The lowest BCUT2D eigenvalue weighted by molar-refractivity contribution is -0.113. The number of aromatic nitrogens is 3. The lowest BCUT2D eigenvalue weighted by atomic mass is 10.1. The number of ether oxygens (including phenoxy) is 1. The van der Waals surface area contributed by atoms with Crippen LogP contribution in [0.3, 0.4) is 0 Å². The summed E-state index contributed by atoms with van der Waals surface area (Å²) >= 11 is 2.18. The number of hydrogen-bond acceptors (Lipinski definition) is 8. The van der Waals surface area contributed by atoms with Crippen molar-refractivity contribution in [3.8, 4) is 0 Å². The van der Waals surface area contributed by atoms with Gasteiger partial charge < -0.3 is 20.4 Å². The maximum atomic E-state index is 12.7. The molecule has 0 unspecified atom stereocenters. The minimum Gasteiger partial charge on any atom is -0.462 e. The number of nitrogens with zero attached hydrogens (tertiary/aromatic N) is 3. The molecule has 1 aromatic carbocycles. The first-order valence-corrected chi connectivity index (χ1v) is 12.8. The van der Waals surface area contributed by atoms with Gasteiger partial charge in [0.25, 0.3) is 5.91 Å². The number of benzene rings is 1. The van der Waals surface area contributed by atoms with Gasteiger partial charge in [-0.25, -0.2) is 4.79 Å². The predicted octanol–water partition coefficient (Wildman–Crippen LogP) is 3.63. The van der Waals surface area contributed by atoms with Gasteiger partial charge in [-0.3, -0.25) is 9.59 Å². The van der Waals surface area contributed by atoms with E-state index in [0.29, 0.717) is 23.7 Å². The van der Waals surface area contributed by atoms with Crippen molar-refractivity contribution in [1.29, 1.82) is 0 Å². The van der Waals surface area contributed by atoms with Crippen LogP contribution >= 0.6 is 23.1 Å². The minimum absolute atomic E-state index is 0.0269. The first-order valence-electron chi connectivity index (χ1n) is 11.0. The van der Waals surface area contributed by atoms with Gasteiger partial charge in [0, 0.05) is 13.0 Å². The quantitative estimate of drug-likeness (QED) is 0.215. The highest BCUT2D eigenvalue weighted by Gasteiger charge is 2.26. The smallest absolute Gasteiger partial charge is 0.341 e.